The summed E-state index contributed by atoms with van der Waals surface area (Å²) < 4.78 is 1.09. The molecule has 0 nitrogen and oxygen atoms in total. The SMILES string of the molecule is CC1=Cc2c(ccc(C)c2-c2ccc(C)cc2C)[CH]1[Zr]([Cl])([Cl])([c]1cccc2c1[SiH2]c1ccccc1-2)[CH]1C(C)=Cc2c1ccc(C)c2-c1ccc(C)cc1C. The third kappa shape index (κ3) is 5.16. The fourth-order valence-corrected chi connectivity index (χ4v) is 39.6. The Labute approximate surface area is 332 Å². The molecule has 0 N–H and O–H groups in total. The zero-order valence-electron chi connectivity index (χ0n) is 32.6. The van der Waals surface area contributed by atoms with Crippen molar-refractivity contribution < 1.29 is 16.4 Å². The Hall–Kier alpha value is -3.52. The van der Waals surface area contributed by atoms with Gasteiger partial charge in [-0.15, -0.1) is 0 Å². The molecule has 0 bridgehead atoms. The van der Waals surface area contributed by atoms with E-state index < -0.39 is 25.9 Å². The zero-order valence-corrected chi connectivity index (χ0v) is 38.0. The molecule has 0 aromatic heterocycles. The Kier molecular flexibility index (Phi) is 8.54. The predicted octanol–water partition coefficient (Wildman–Crippen LogP) is 11.9. The number of halogens is 2. The van der Waals surface area contributed by atoms with Gasteiger partial charge in [0.1, 0.15) is 0 Å². The van der Waals surface area contributed by atoms with Gasteiger partial charge in [-0.2, -0.15) is 0 Å². The quantitative estimate of drug-likeness (QED) is 0.152. The van der Waals surface area contributed by atoms with E-state index >= 15 is 0 Å². The fourth-order valence-electron chi connectivity index (χ4n) is 10.8. The topological polar surface area (TPSA) is 0 Å². The molecular weight excluding hydrogens is 791 g/mol. The number of aryl methyl sites for hydroxylation is 6. The summed E-state index contributed by atoms with van der Waals surface area (Å²) >= 11 is -5.49. The van der Waals surface area contributed by atoms with Crippen molar-refractivity contribution >= 4 is 52.3 Å². The van der Waals surface area contributed by atoms with Crippen LogP contribution in [0.25, 0.3) is 45.5 Å². The average Bonchev–Trinajstić information content (AvgIpc) is 3.79. The van der Waals surface area contributed by atoms with Crippen LogP contribution in [-0.4, -0.2) is 9.52 Å². The van der Waals surface area contributed by atoms with Crippen LogP contribution >= 0.6 is 17.0 Å². The van der Waals surface area contributed by atoms with E-state index in [0.29, 0.717) is 0 Å². The molecule has 3 aliphatic rings. The maximum atomic E-state index is 9.10. The summed E-state index contributed by atoms with van der Waals surface area (Å²) in [6, 6.07) is 39.0. The zero-order chi connectivity index (χ0) is 37.9. The first-order valence-corrected chi connectivity index (χ1v) is 31.2. The number of allylic oxidation sites excluding steroid dienone is 2. The van der Waals surface area contributed by atoms with E-state index in [1.165, 1.54) is 114 Å². The molecule has 6 aromatic rings. The van der Waals surface area contributed by atoms with Crippen LogP contribution in [0.1, 0.15) is 76.7 Å². The molecule has 2 aliphatic carbocycles. The molecule has 1 heterocycles. The number of hydrogen-bond acceptors (Lipinski definition) is 0. The van der Waals surface area contributed by atoms with E-state index in [9.17, 15) is 0 Å². The second-order valence-corrected chi connectivity index (χ2v) is 39.0. The van der Waals surface area contributed by atoms with Crippen LogP contribution in [0.2, 0.25) is 0 Å². The van der Waals surface area contributed by atoms with Gasteiger partial charge in [0, 0.05) is 0 Å². The summed E-state index contributed by atoms with van der Waals surface area (Å²) in [6.45, 7) is 18.0. The van der Waals surface area contributed by atoms with Gasteiger partial charge in [0.05, 0.1) is 0 Å². The van der Waals surface area contributed by atoms with E-state index in [-0.39, 0.29) is 7.25 Å². The van der Waals surface area contributed by atoms with Crippen molar-refractivity contribution in [2.75, 3.05) is 0 Å². The molecule has 9 rings (SSSR count). The molecular formula is C50H47Cl2SiZr. The van der Waals surface area contributed by atoms with Crippen molar-refractivity contribution in [3.63, 3.8) is 0 Å². The van der Waals surface area contributed by atoms with Gasteiger partial charge in [0.15, 0.2) is 0 Å². The average molecular weight is 838 g/mol. The van der Waals surface area contributed by atoms with E-state index in [0.717, 1.165) is 0 Å². The van der Waals surface area contributed by atoms with E-state index in [1.54, 1.807) is 0 Å². The minimum atomic E-state index is -5.49. The van der Waals surface area contributed by atoms with E-state index in [1.807, 2.05) is 0 Å². The maximum absolute atomic E-state index is 9.10. The van der Waals surface area contributed by atoms with Crippen molar-refractivity contribution in [3.05, 3.63) is 170 Å². The summed E-state index contributed by atoms with van der Waals surface area (Å²) in [5.41, 5.74) is 23.4. The van der Waals surface area contributed by atoms with Crippen LogP contribution in [0.4, 0.5) is 0 Å². The van der Waals surface area contributed by atoms with Crippen LogP contribution < -0.4 is 13.6 Å². The van der Waals surface area contributed by atoms with Gasteiger partial charge in [0.25, 0.3) is 0 Å². The first-order valence-electron chi connectivity index (χ1n) is 19.3. The molecule has 0 radical (unpaired) electrons. The molecule has 2 unspecified atom stereocenters. The van der Waals surface area contributed by atoms with Gasteiger partial charge in [-0.25, -0.2) is 0 Å². The molecule has 0 saturated carbocycles. The predicted molar refractivity (Wildman–Crippen MR) is 236 cm³/mol. The normalized spacial score (nSPS) is 18.1. The third-order valence-corrected chi connectivity index (χ3v) is 36.2. The van der Waals surface area contributed by atoms with Crippen molar-refractivity contribution in [2.24, 2.45) is 0 Å². The molecule has 0 spiro atoms. The van der Waals surface area contributed by atoms with Crippen LogP contribution in [-0.2, 0) is 16.4 Å². The first-order chi connectivity index (χ1) is 25.8. The number of hydrogen-bond donors (Lipinski definition) is 0. The Morgan fingerprint density at radius 3 is 1.50 bits per heavy atom. The van der Waals surface area contributed by atoms with Gasteiger partial charge >= 0.3 is 335 Å². The van der Waals surface area contributed by atoms with Crippen molar-refractivity contribution in [3.8, 4) is 33.4 Å². The first kappa shape index (κ1) is 36.1. The Morgan fingerprint density at radius 1 is 0.481 bits per heavy atom. The Balaban J connectivity index is 1.35. The molecule has 0 amide bonds. The molecule has 54 heavy (non-hydrogen) atoms. The van der Waals surface area contributed by atoms with Crippen LogP contribution in [0, 0.1) is 41.5 Å². The van der Waals surface area contributed by atoms with Crippen LogP contribution in [0.15, 0.2) is 114 Å². The van der Waals surface area contributed by atoms with Gasteiger partial charge in [0.2, 0.25) is 0 Å². The molecule has 0 saturated heterocycles. The standard InChI is InChI=1S/2C19H19.C12H9Si.2ClH.Zr/c2*1-12-5-8-17(15(4)9-12)19-14(3)6-7-16-10-13(2)11-18(16)19;1-3-7-11-9(5-1)10-6-2-4-8-12(10)13-11;;;/h2*5-11H,1-4H3;1-7H,13H2;2*1H;/q;;;;;+2/p-2. The molecule has 269 valence electrons. The summed E-state index contributed by atoms with van der Waals surface area (Å²) in [5.74, 6) is 0. The van der Waals surface area contributed by atoms with Gasteiger partial charge < -0.3 is 0 Å². The van der Waals surface area contributed by atoms with Crippen LogP contribution in [0.5, 0.6) is 0 Å². The molecule has 1 aliphatic heterocycles. The number of fused-ring (bicyclic) bond motifs is 5. The monoisotopic (exact) mass is 835 g/mol. The van der Waals surface area contributed by atoms with Gasteiger partial charge in [-0.1, -0.05) is 0 Å². The van der Waals surface area contributed by atoms with Crippen LogP contribution in [0.3, 0.4) is 0 Å². The molecule has 0 fully saturated rings. The molecule has 4 heteroatoms. The Bertz CT molecular complexity index is 2540. The summed E-state index contributed by atoms with van der Waals surface area (Å²) in [5, 5.41) is 2.95. The fraction of sp³-hybridized carbons (Fsp3) is 0.200. The van der Waals surface area contributed by atoms with E-state index in [4.69, 9.17) is 17.0 Å². The third-order valence-electron chi connectivity index (χ3n) is 13.0. The van der Waals surface area contributed by atoms with E-state index in [2.05, 4.69) is 171 Å². The Morgan fingerprint density at radius 2 is 0.981 bits per heavy atom. The van der Waals surface area contributed by atoms with Crippen molar-refractivity contribution in [2.45, 2.75) is 62.6 Å². The van der Waals surface area contributed by atoms with Crippen molar-refractivity contribution in [1.29, 1.82) is 0 Å². The summed E-state index contributed by atoms with van der Waals surface area (Å²) in [4.78, 5) is 0. The second kappa shape index (κ2) is 12.8. The number of benzene rings is 6. The van der Waals surface area contributed by atoms with Gasteiger partial charge in [-0.05, 0) is 0 Å². The number of rotatable bonds is 5. The molecule has 2 atom stereocenters. The second-order valence-electron chi connectivity index (χ2n) is 16.6. The summed E-state index contributed by atoms with van der Waals surface area (Å²) in [7, 11) is 17.4. The van der Waals surface area contributed by atoms with Gasteiger partial charge in [-0.3, -0.25) is 0 Å². The molecule has 6 aromatic carbocycles. The minimum absolute atomic E-state index is 0.0933. The van der Waals surface area contributed by atoms with Crippen molar-refractivity contribution in [1.82, 2.24) is 0 Å². The summed E-state index contributed by atoms with van der Waals surface area (Å²) in [6.07, 6.45) is 4.89.